The Morgan fingerprint density at radius 2 is 2.57 bits per heavy atom. The molecule has 0 aromatic carbocycles. The first-order chi connectivity index (χ1) is 6.86. The summed E-state index contributed by atoms with van der Waals surface area (Å²) in [5.74, 6) is 0.774. The van der Waals surface area contributed by atoms with Crippen LogP contribution in [0.15, 0.2) is 22.8 Å². The highest BCUT2D eigenvalue weighted by Gasteiger charge is 2.22. The van der Waals surface area contributed by atoms with E-state index in [1.54, 1.807) is 18.4 Å². The van der Waals surface area contributed by atoms with Crippen LogP contribution >= 0.6 is 0 Å². The summed E-state index contributed by atoms with van der Waals surface area (Å²) < 4.78 is 10.4. The Hall–Kier alpha value is -1.13. The van der Waals surface area contributed by atoms with E-state index in [4.69, 9.17) is 9.15 Å². The van der Waals surface area contributed by atoms with Gasteiger partial charge in [0, 0.05) is 13.1 Å². The maximum absolute atomic E-state index is 11.6. The van der Waals surface area contributed by atoms with Crippen LogP contribution < -0.4 is 5.32 Å². The zero-order valence-electron chi connectivity index (χ0n) is 7.86. The van der Waals surface area contributed by atoms with Crippen LogP contribution in [0.5, 0.6) is 0 Å². The number of carbonyl (C=O) groups excluding carboxylic acids is 1. The van der Waals surface area contributed by atoms with E-state index in [2.05, 4.69) is 5.32 Å². The lowest BCUT2D eigenvalue weighted by Crippen LogP contribution is -2.43. The summed E-state index contributed by atoms with van der Waals surface area (Å²) >= 11 is 0. The van der Waals surface area contributed by atoms with Crippen LogP contribution in [0.25, 0.3) is 0 Å². The summed E-state index contributed by atoms with van der Waals surface area (Å²) in [5.41, 5.74) is 0. The summed E-state index contributed by atoms with van der Waals surface area (Å²) in [5, 5.41) is 3.12. The van der Waals surface area contributed by atoms with Crippen molar-refractivity contribution < 1.29 is 13.9 Å². The molecule has 0 aliphatic carbocycles. The van der Waals surface area contributed by atoms with Gasteiger partial charge in [0.1, 0.15) is 11.9 Å². The molecular weight excluding hydrogens is 182 g/mol. The fourth-order valence-corrected chi connectivity index (χ4v) is 1.47. The molecule has 76 valence electrons. The molecule has 2 heterocycles. The van der Waals surface area contributed by atoms with Gasteiger partial charge in [-0.3, -0.25) is 4.79 Å². The van der Waals surface area contributed by atoms with E-state index in [1.165, 1.54) is 0 Å². The SMILES string of the molecule is O=C(Cc1ccco1)C1CNCCO1. The average molecular weight is 195 g/mol. The van der Waals surface area contributed by atoms with Crippen molar-refractivity contribution in [2.75, 3.05) is 19.7 Å². The lowest BCUT2D eigenvalue weighted by molar-refractivity contribution is -0.131. The molecule has 0 radical (unpaired) electrons. The number of furan rings is 1. The first-order valence-electron chi connectivity index (χ1n) is 4.73. The predicted molar refractivity (Wildman–Crippen MR) is 50.0 cm³/mol. The normalized spacial score (nSPS) is 22.1. The quantitative estimate of drug-likeness (QED) is 0.757. The maximum Gasteiger partial charge on any atom is 0.170 e. The molecule has 0 saturated carbocycles. The Labute approximate surface area is 82.2 Å². The largest absolute Gasteiger partial charge is 0.469 e. The topological polar surface area (TPSA) is 51.5 Å². The first kappa shape index (κ1) is 9.43. The molecule has 0 amide bonds. The third kappa shape index (κ3) is 2.21. The lowest BCUT2D eigenvalue weighted by Gasteiger charge is -2.21. The van der Waals surface area contributed by atoms with E-state index in [0.29, 0.717) is 25.3 Å². The van der Waals surface area contributed by atoms with E-state index in [1.807, 2.05) is 0 Å². The van der Waals surface area contributed by atoms with Gasteiger partial charge in [0.05, 0.1) is 19.3 Å². The lowest BCUT2D eigenvalue weighted by atomic mass is 10.1. The number of carbonyl (C=O) groups is 1. The second-order valence-corrected chi connectivity index (χ2v) is 3.29. The molecule has 1 saturated heterocycles. The van der Waals surface area contributed by atoms with E-state index in [-0.39, 0.29) is 11.9 Å². The van der Waals surface area contributed by atoms with Crippen molar-refractivity contribution >= 4 is 5.78 Å². The predicted octanol–water partition coefficient (Wildman–Crippen LogP) is 0.380. The first-order valence-corrected chi connectivity index (χ1v) is 4.73. The van der Waals surface area contributed by atoms with Crippen molar-refractivity contribution in [2.24, 2.45) is 0 Å². The molecule has 1 fully saturated rings. The van der Waals surface area contributed by atoms with Gasteiger partial charge in [0.15, 0.2) is 5.78 Å². The van der Waals surface area contributed by atoms with E-state index >= 15 is 0 Å². The summed E-state index contributed by atoms with van der Waals surface area (Å²) in [6.07, 6.45) is 1.58. The molecule has 1 aromatic heterocycles. The number of nitrogens with one attached hydrogen (secondary N) is 1. The summed E-state index contributed by atoms with van der Waals surface area (Å²) in [7, 11) is 0. The minimum absolute atomic E-state index is 0.0761. The molecular formula is C10H13NO3. The van der Waals surface area contributed by atoms with Crippen molar-refractivity contribution in [1.29, 1.82) is 0 Å². The van der Waals surface area contributed by atoms with Crippen LogP contribution in [0.4, 0.5) is 0 Å². The summed E-state index contributed by atoms with van der Waals surface area (Å²) in [4.78, 5) is 11.6. The highest BCUT2D eigenvalue weighted by molar-refractivity contribution is 5.85. The number of hydrogen-bond donors (Lipinski definition) is 1. The van der Waals surface area contributed by atoms with Crippen LogP contribution in [0.3, 0.4) is 0 Å². The molecule has 1 atom stereocenters. The molecule has 14 heavy (non-hydrogen) atoms. The minimum atomic E-state index is -0.311. The van der Waals surface area contributed by atoms with Crippen LogP contribution in [0, 0.1) is 0 Å². The van der Waals surface area contributed by atoms with Gasteiger partial charge in [0.25, 0.3) is 0 Å². The van der Waals surface area contributed by atoms with Crippen LogP contribution in [-0.4, -0.2) is 31.6 Å². The molecule has 1 aliphatic heterocycles. The number of rotatable bonds is 3. The molecule has 1 unspecified atom stereocenters. The van der Waals surface area contributed by atoms with Gasteiger partial charge in [-0.15, -0.1) is 0 Å². The molecule has 4 nitrogen and oxygen atoms in total. The van der Waals surface area contributed by atoms with Crippen LogP contribution in [0.2, 0.25) is 0 Å². The molecule has 2 rings (SSSR count). The summed E-state index contributed by atoms with van der Waals surface area (Å²) in [6.45, 7) is 2.04. The Kier molecular flexibility index (Phi) is 2.96. The Morgan fingerprint density at radius 1 is 1.64 bits per heavy atom. The number of Topliss-reactive ketones (excluding diaryl/α,β-unsaturated/α-hetero) is 1. The van der Waals surface area contributed by atoms with E-state index < -0.39 is 0 Å². The monoisotopic (exact) mass is 195 g/mol. The van der Waals surface area contributed by atoms with Crippen molar-refractivity contribution in [3.05, 3.63) is 24.2 Å². The Bertz CT molecular complexity index is 288. The average Bonchev–Trinajstić information content (AvgIpc) is 2.72. The molecule has 1 aliphatic rings. The minimum Gasteiger partial charge on any atom is -0.469 e. The second kappa shape index (κ2) is 4.39. The van der Waals surface area contributed by atoms with Crippen molar-refractivity contribution in [3.63, 3.8) is 0 Å². The molecule has 1 aromatic rings. The van der Waals surface area contributed by atoms with Gasteiger partial charge >= 0.3 is 0 Å². The van der Waals surface area contributed by atoms with Gasteiger partial charge in [0.2, 0.25) is 0 Å². The molecule has 0 bridgehead atoms. The highest BCUT2D eigenvalue weighted by Crippen LogP contribution is 2.06. The van der Waals surface area contributed by atoms with Crippen molar-refractivity contribution in [3.8, 4) is 0 Å². The maximum atomic E-state index is 11.6. The van der Waals surface area contributed by atoms with E-state index in [9.17, 15) is 4.79 Å². The standard InChI is InChI=1S/C10H13NO3/c12-9(6-8-2-1-4-13-8)10-7-11-3-5-14-10/h1-2,4,10-11H,3,5-7H2. The van der Waals surface area contributed by atoms with Crippen LogP contribution in [0.1, 0.15) is 5.76 Å². The molecule has 0 spiro atoms. The molecule has 1 N–H and O–H groups in total. The van der Waals surface area contributed by atoms with E-state index in [0.717, 1.165) is 6.54 Å². The zero-order chi connectivity index (χ0) is 9.80. The fraction of sp³-hybridized carbons (Fsp3) is 0.500. The number of ketones is 1. The van der Waals surface area contributed by atoms with Gasteiger partial charge < -0.3 is 14.5 Å². The van der Waals surface area contributed by atoms with Gasteiger partial charge in [-0.1, -0.05) is 0 Å². The van der Waals surface area contributed by atoms with Gasteiger partial charge in [-0.05, 0) is 12.1 Å². The number of morpholine rings is 1. The van der Waals surface area contributed by atoms with Gasteiger partial charge in [-0.25, -0.2) is 0 Å². The third-order valence-electron chi connectivity index (χ3n) is 2.22. The van der Waals surface area contributed by atoms with Crippen LogP contribution in [-0.2, 0) is 16.0 Å². The summed E-state index contributed by atoms with van der Waals surface area (Å²) in [6, 6.07) is 3.58. The van der Waals surface area contributed by atoms with Gasteiger partial charge in [-0.2, -0.15) is 0 Å². The number of ether oxygens (including phenoxy) is 1. The van der Waals surface area contributed by atoms with Crippen molar-refractivity contribution in [2.45, 2.75) is 12.5 Å². The second-order valence-electron chi connectivity index (χ2n) is 3.29. The van der Waals surface area contributed by atoms with Crippen molar-refractivity contribution in [1.82, 2.24) is 5.32 Å². The number of hydrogen-bond acceptors (Lipinski definition) is 4. The smallest absolute Gasteiger partial charge is 0.170 e. The Morgan fingerprint density at radius 3 is 3.21 bits per heavy atom. The highest BCUT2D eigenvalue weighted by atomic mass is 16.5. The Balaban J connectivity index is 1.88. The fourth-order valence-electron chi connectivity index (χ4n) is 1.47. The third-order valence-corrected chi connectivity index (χ3v) is 2.22. The molecule has 4 heteroatoms. The zero-order valence-corrected chi connectivity index (χ0v) is 7.86.